The number of carbonyl (C=O) groups is 1. The van der Waals surface area contributed by atoms with Crippen LogP contribution in [0.15, 0.2) is 53.3 Å². The summed E-state index contributed by atoms with van der Waals surface area (Å²) in [5.74, 6) is 0.542. The molecule has 2 aromatic carbocycles. The fourth-order valence-corrected chi connectivity index (χ4v) is 4.23. The van der Waals surface area contributed by atoms with Crippen LogP contribution < -0.4 is 24.8 Å². The highest BCUT2D eigenvalue weighted by Crippen LogP contribution is 2.41. The molecule has 2 aromatic heterocycles. The Morgan fingerprint density at radius 3 is 2.61 bits per heavy atom. The third-order valence-corrected chi connectivity index (χ3v) is 5.91. The van der Waals surface area contributed by atoms with E-state index in [0.717, 1.165) is 15.4 Å². The fraction of sp³-hybridized carbons (Fsp3) is 0.227. The van der Waals surface area contributed by atoms with Crippen LogP contribution in [-0.4, -0.2) is 50.0 Å². The number of aromatic nitrogens is 3. The normalized spacial score (nSPS) is 10.8. The average Bonchev–Trinajstić information content (AvgIpc) is 3.49. The number of carbonyl (C=O) groups excluding carboxylic acids is 1. The number of hydrogen-bond donors (Lipinski definition) is 3. The lowest BCUT2D eigenvalue weighted by atomic mass is 10.1. The molecule has 0 aliphatic heterocycles. The van der Waals surface area contributed by atoms with Crippen molar-refractivity contribution in [2.45, 2.75) is 13.1 Å². The number of anilines is 2. The number of fused-ring (bicyclic) bond motifs is 1. The Labute approximate surface area is 214 Å². The molecule has 14 heteroatoms. The minimum atomic E-state index is -3.13. The van der Waals surface area contributed by atoms with Crippen molar-refractivity contribution in [1.29, 1.82) is 0 Å². The first-order chi connectivity index (χ1) is 16.9. The smallest absolute Gasteiger partial charge is 0.234 e. The van der Waals surface area contributed by atoms with E-state index in [1.807, 2.05) is 0 Å². The van der Waals surface area contributed by atoms with Gasteiger partial charge in [0.2, 0.25) is 22.6 Å². The van der Waals surface area contributed by atoms with E-state index in [0.29, 0.717) is 41.2 Å². The molecule has 0 bridgehead atoms. The molecule has 1 amide bonds. The van der Waals surface area contributed by atoms with E-state index < -0.39 is 10.9 Å². The molecular formula is C22H25ClN6O6S. The third-order valence-electron chi connectivity index (χ3n) is 5.18. The van der Waals surface area contributed by atoms with Gasteiger partial charge in [0.25, 0.3) is 0 Å². The molecule has 0 aliphatic rings. The lowest BCUT2D eigenvalue weighted by Gasteiger charge is -2.18. The lowest BCUT2D eigenvalue weighted by Crippen LogP contribution is -2.29. The molecule has 0 aliphatic carbocycles. The molecule has 0 saturated carbocycles. The minimum Gasteiger partial charge on any atom is -0.496 e. The zero-order valence-corrected chi connectivity index (χ0v) is 21.1. The van der Waals surface area contributed by atoms with Crippen molar-refractivity contribution >= 4 is 51.7 Å². The second kappa shape index (κ2) is 11.7. The number of hydrogen-bond acceptors (Lipinski definition) is 9. The van der Waals surface area contributed by atoms with Crippen molar-refractivity contribution in [3.8, 4) is 11.5 Å². The number of nitrogens with zero attached hydrogens (tertiary/aromatic N) is 4. The Bertz CT molecular complexity index is 1430. The summed E-state index contributed by atoms with van der Waals surface area (Å²) in [6.45, 7) is 0.609. The van der Waals surface area contributed by atoms with E-state index in [1.54, 1.807) is 53.5 Å². The van der Waals surface area contributed by atoms with Crippen LogP contribution in [0.4, 0.5) is 11.5 Å². The highest BCUT2D eigenvalue weighted by atomic mass is 35.5. The number of thiol groups is 1. The summed E-state index contributed by atoms with van der Waals surface area (Å²) >= 11 is 0. The first-order valence-corrected chi connectivity index (χ1v) is 11.6. The van der Waals surface area contributed by atoms with E-state index in [4.69, 9.17) is 19.7 Å². The van der Waals surface area contributed by atoms with E-state index in [1.165, 1.54) is 14.2 Å². The van der Waals surface area contributed by atoms with Gasteiger partial charge in [0.1, 0.15) is 22.6 Å². The quantitative estimate of drug-likeness (QED) is 0.257. The SMILES string of the molecule is COc1ccccc1N(c1noc2cc(Cn3cc(CNC(=O)CN)cn3)cc(OC)c12)[SH](=O)=O.Cl. The number of para-hydroxylation sites is 2. The number of halogens is 1. The van der Waals surface area contributed by atoms with Crippen LogP contribution >= 0.6 is 12.4 Å². The second-order valence-corrected chi connectivity index (χ2v) is 8.30. The van der Waals surface area contributed by atoms with Crippen molar-refractivity contribution in [3.05, 3.63) is 59.9 Å². The molecule has 0 spiro atoms. The Morgan fingerprint density at radius 2 is 1.92 bits per heavy atom. The van der Waals surface area contributed by atoms with E-state index in [9.17, 15) is 13.2 Å². The Kier molecular flexibility index (Phi) is 8.74. The van der Waals surface area contributed by atoms with Gasteiger partial charge in [0.05, 0.1) is 33.5 Å². The average molecular weight is 537 g/mol. The van der Waals surface area contributed by atoms with Crippen LogP contribution in [0.25, 0.3) is 11.0 Å². The summed E-state index contributed by atoms with van der Waals surface area (Å²) in [4.78, 5) is 11.4. The predicted molar refractivity (Wildman–Crippen MR) is 135 cm³/mol. The van der Waals surface area contributed by atoms with Crippen LogP contribution in [0, 0.1) is 0 Å². The van der Waals surface area contributed by atoms with Crippen LogP contribution in [0.5, 0.6) is 11.5 Å². The van der Waals surface area contributed by atoms with Crippen molar-refractivity contribution in [2.24, 2.45) is 5.73 Å². The van der Waals surface area contributed by atoms with Gasteiger partial charge in [-0.2, -0.15) is 5.10 Å². The first kappa shape index (κ1) is 26.8. The second-order valence-electron chi connectivity index (χ2n) is 7.43. The van der Waals surface area contributed by atoms with Gasteiger partial charge in [-0.3, -0.25) is 9.48 Å². The van der Waals surface area contributed by atoms with Gasteiger partial charge in [-0.05, 0) is 29.8 Å². The van der Waals surface area contributed by atoms with Gasteiger partial charge < -0.3 is 25.0 Å². The van der Waals surface area contributed by atoms with E-state index >= 15 is 0 Å². The predicted octanol–water partition coefficient (Wildman–Crippen LogP) is 1.75. The van der Waals surface area contributed by atoms with Gasteiger partial charge in [-0.1, -0.05) is 17.3 Å². The number of nitrogens with two attached hydrogens (primary N) is 1. The molecule has 36 heavy (non-hydrogen) atoms. The number of ether oxygens (including phenoxy) is 2. The summed E-state index contributed by atoms with van der Waals surface area (Å²) in [7, 11) is -0.202. The van der Waals surface area contributed by atoms with Gasteiger partial charge in [-0.15, -0.1) is 12.4 Å². The molecule has 4 rings (SSSR count). The number of rotatable bonds is 10. The van der Waals surface area contributed by atoms with Gasteiger partial charge >= 0.3 is 0 Å². The lowest BCUT2D eigenvalue weighted by molar-refractivity contribution is -0.119. The van der Waals surface area contributed by atoms with Crippen molar-refractivity contribution in [2.75, 3.05) is 25.1 Å². The molecule has 0 radical (unpaired) electrons. The molecule has 3 N–H and O–H groups in total. The molecule has 0 atom stereocenters. The van der Waals surface area contributed by atoms with Crippen LogP contribution in [0.1, 0.15) is 11.1 Å². The third kappa shape index (κ3) is 5.53. The molecular weight excluding hydrogens is 512 g/mol. The molecule has 192 valence electrons. The van der Waals surface area contributed by atoms with Gasteiger partial charge in [-0.25, -0.2) is 12.7 Å². The van der Waals surface area contributed by atoms with E-state index in [-0.39, 0.29) is 30.7 Å². The Hall–Kier alpha value is -3.81. The largest absolute Gasteiger partial charge is 0.496 e. The molecule has 0 unspecified atom stereocenters. The minimum absolute atomic E-state index is 0. The van der Waals surface area contributed by atoms with Crippen LogP contribution in [0.2, 0.25) is 0 Å². The molecule has 2 heterocycles. The molecule has 12 nitrogen and oxygen atoms in total. The van der Waals surface area contributed by atoms with Crippen molar-refractivity contribution in [1.82, 2.24) is 20.3 Å². The molecule has 4 aromatic rings. The van der Waals surface area contributed by atoms with Crippen LogP contribution in [-0.2, 0) is 28.8 Å². The summed E-state index contributed by atoms with van der Waals surface area (Å²) < 4.78 is 43.7. The monoisotopic (exact) mass is 536 g/mol. The summed E-state index contributed by atoms with van der Waals surface area (Å²) in [5, 5.41) is 11.4. The molecule has 0 saturated heterocycles. The zero-order valence-electron chi connectivity index (χ0n) is 19.4. The zero-order chi connectivity index (χ0) is 24.9. The molecule has 0 fully saturated rings. The number of methoxy groups -OCH3 is 2. The summed E-state index contributed by atoms with van der Waals surface area (Å²) in [6, 6.07) is 10.2. The van der Waals surface area contributed by atoms with Crippen LogP contribution in [0.3, 0.4) is 0 Å². The highest BCUT2D eigenvalue weighted by Gasteiger charge is 2.25. The van der Waals surface area contributed by atoms with Gasteiger partial charge in [0.15, 0.2) is 5.58 Å². The standard InChI is InChI=1S/C22H24N6O6S.ClH/c1-32-17-6-4-3-5-16(17)28(35(30)31)22-21-18(33-2)7-14(8-19(21)34-26-22)12-27-13-15(11-25-27)10-24-20(29)9-23;/h3-8,11,13,35H,9-10,12,23H2,1-2H3,(H,24,29);1H. The first-order valence-electron chi connectivity index (χ1n) is 10.5. The highest BCUT2D eigenvalue weighted by molar-refractivity contribution is 7.74. The maximum atomic E-state index is 12.3. The maximum Gasteiger partial charge on any atom is 0.234 e. The van der Waals surface area contributed by atoms with Crippen molar-refractivity contribution < 1.29 is 27.2 Å². The Balaban J connectivity index is 0.00000361. The summed E-state index contributed by atoms with van der Waals surface area (Å²) in [6.07, 6.45) is 3.44. The number of benzene rings is 2. The van der Waals surface area contributed by atoms with Crippen molar-refractivity contribution in [3.63, 3.8) is 0 Å². The Morgan fingerprint density at radius 1 is 1.17 bits per heavy atom. The summed E-state index contributed by atoms with van der Waals surface area (Å²) in [5.41, 5.74) is 7.53. The number of nitrogens with one attached hydrogen (secondary N) is 1. The van der Waals surface area contributed by atoms with Gasteiger partial charge in [0, 0.05) is 18.3 Å². The topological polar surface area (TPSA) is 155 Å². The fourth-order valence-electron chi connectivity index (χ4n) is 3.60. The van der Waals surface area contributed by atoms with E-state index in [2.05, 4.69) is 15.6 Å². The maximum absolute atomic E-state index is 12.3. The number of amides is 1.